The van der Waals surface area contributed by atoms with Crippen molar-refractivity contribution in [2.45, 2.75) is 19.1 Å². The van der Waals surface area contributed by atoms with Crippen molar-refractivity contribution in [3.05, 3.63) is 47.8 Å². The molecule has 2 heterocycles. The number of benzene rings is 1. The van der Waals surface area contributed by atoms with Crippen LogP contribution in [0.1, 0.15) is 16.1 Å². The predicted molar refractivity (Wildman–Crippen MR) is 83.1 cm³/mol. The van der Waals surface area contributed by atoms with Gasteiger partial charge < -0.3 is 14.8 Å². The largest absolute Gasteiger partial charge is 0.376 e. The minimum Gasteiger partial charge on any atom is -0.376 e. The van der Waals surface area contributed by atoms with Gasteiger partial charge >= 0.3 is 0 Å². The molecule has 0 unspecified atom stereocenters. The molecule has 1 aliphatic heterocycles. The molecule has 23 heavy (non-hydrogen) atoms. The van der Waals surface area contributed by atoms with E-state index in [-0.39, 0.29) is 12.0 Å². The number of aryl methyl sites for hydroxylation is 2. The van der Waals surface area contributed by atoms with Gasteiger partial charge in [0.05, 0.1) is 32.1 Å². The lowest BCUT2D eigenvalue weighted by Crippen LogP contribution is -2.39. The van der Waals surface area contributed by atoms with E-state index in [0.717, 1.165) is 6.42 Å². The van der Waals surface area contributed by atoms with Crippen molar-refractivity contribution >= 4 is 5.91 Å². The number of nitrogens with zero attached hydrogens (tertiary/aromatic N) is 3. The first-order valence-corrected chi connectivity index (χ1v) is 7.73. The second-order valence-corrected chi connectivity index (χ2v) is 5.38. The maximum Gasteiger partial charge on any atom is 0.273 e. The number of ether oxygens (including phenoxy) is 2. The number of carbonyl (C=O) groups is 1. The molecule has 3 rings (SSSR count). The van der Waals surface area contributed by atoms with E-state index in [2.05, 4.69) is 27.8 Å². The summed E-state index contributed by atoms with van der Waals surface area (Å²) in [6.45, 7) is 2.78. The third kappa shape index (κ3) is 4.61. The van der Waals surface area contributed by atoms with Crippen LogP contribution in [0.25, 0.3) is 0 Å². The van der Waals surface area contributed by atoms with E-state index in [1.54, 1.807) is 10.9 Å². The van der Waals surface area contributed by atoms with Crippen LogP contribution in [0.3, 0.4) is 0 Å². The lowest BCUT2D eigenvalue weighted by atomic mass is 10.1. The molecule has 1 amide bonds. The number of hydrogen-bond acceptors (Lipinski definition) is 5. The Morgan fingerprint density at radius 1 is 1.30 bits per heavy atom. The van der Waals surface area contributed by atoms with Crippen molar-refractivity contribution in [2.75, 3.05) is 26.4 Å². The van der Waals surface area contributed by atoms with Crippen LogP contribution in [0.2, 0.25) is 0 Å². The van der Waals surface area contributed by atoms with Gasteiger partial charge in [0.2, 0.25) is 0 Å². The molecule has 0 spiro atoms. The molecule has 0 radical (unpaired) electrons. The third-order valence-corrected chi connectivity index (χ3v) is 3.62. The maximum atomic E-state index is 12.1. The zero-order valence-electron chi connectivity index (χ0n) is 12.9. The van der Waals surface area contributed by atoms with Crippen LogP contribution in [0.5, 0.6) is 0 Å². The van der Waals surface area contributed by atoms with Crippen LogP contribution in [0, 0.1) is 0 Å². The van der Waals surface area contributed by atoms with Crippen molar-refractivity contribution in [3.63, 3.8) is 0 Å². The van der Waals surface area contributed by atoms with Crippen LogP contribution in [-0.4, -0.2) is 53.4 Å². The van der Waals surface area contributed by atoms with Gasteiger partial charge in [-0.3, -0.25) is 9.48 Å². The Balaban J connectivity index is 1.47. The summed E-state index contributed by atoms with van der Waals surface area (Å²) >= 11 is 0. The number of hydrogen-bond donors (Lipinski definition) is 1. The fourth-order valence-electron chi connectivity index (χ4n) is 2.35. The Hall–Kier alpha value is -2.25. The Morgan fingerprint density at radius 2 is 2.17 bits per heavy atom. The van der Waals surface area contributed by atoms with Crippen molar-refractivity contribution in [1.29, 1.82) is 0 Å². The first kappa shape index (κ1) is 15.6. The van der Waals surface area contributed by atoms with E-state index in [9.17, 15) is 4.79 Å². The summed E-state index contributed by atoms with van der Waals surface area (Å²) in [5.74, 6) is -0.245. The summed E-state index contributed by atoms with van der Waals surface area (Å²) < 4.78 is 12.4. The molecule has 1 aromatic heterocycles. The molecular weight excluding hydrogens is 296 g/mol. The number of nitrogens with one attached hydrogen (secondary N) is 1. The molecular formula is C16H20N4O3. The van der Waals surface area contributed by atoms with Gasteiger partial charge in [0, 0.05) is 13.1 Å². The lowest BCUT2D eigenvalue weighted by molar-refractivity contribution is -0.0855. The fraction of sp³-hybridized carbons (Fsp3) is 0.438. The Kier molecular flexibility index (Phi) is 5.33. The first-order chi connectivity index (χ1) is 11.3. The molecule has 2 aromatic rings. The molecule has 1 aliphatic rings. The third-order valence-electron chi connectivity index (χ3n) is 3.62. The average molecular weight is 316 g/mol. The van der Waals surface area contributed by atoms with Gasteiger partial charge in [-0.1, -0.05) is 35.5 Å². The molecule has 0 saturated carbocycles. The quantitative estimate of drug-likeness (QED) is 0.847. The molecule has 1 fully saturated rings. The Morgan fingerprint density at radius 3 is 2.96 bits per heavy atom. The molecule has 7 heteroatoms. The normalized spacial score (nSPS) is 17.8. The average Bonchev–Trinajstić information content (AvgIpc) is 3.09. The summed E-state index contributed by atoms with van der Waals surface area (Å²) in [6, 6.07) is 10.1. The lowest BCUT2D eigenvalue weighted by Gasteiger charge is -2.22. The highest BCUT2D eigenvalue weighted by Crippen LogP contribution is 2.03. The molecule has 7 nitrogen and oxygen atoms in total. The highest BCUT2D eigenvalue weighted by Gasteiger charge is 2.17. The van der Waals surface area contributed by atoms with Crippen LogP contribution in [0.15, 0.2) is 36.5 Å². The van der Waals surface area contributed by atoms with Crippen molar-refractivity contribution in [2.24, 2.45) is 0 Å². The van der Waals surface area contributed by atoms with Gasteiger partial charge in [-0.15, -0.1) is 5.10 Å². The van der Waals surface area contributed by atoms with Crippen molar-refractivity contribution in [3.8, 4) is 0 Å². The molecule has 1 N–H and O–H groups in total. The maximum absolute atomic E-state index is 12.1. The topological polar surface area (TPSA) is 78.3 Å². The van der Waals surface area contributed by atoms with Gasteiger partial charge in [-0.05, 0) is 12.0 Å². The van der Waals surface area contributed by atoms with Crippen LogP contribution < -0.4 is 5.32 Å². The van der Waals surface area contributed by atoms with Crippen molar-refractivity contribution in [1.82, 2.24) is 20.3 Å². The zero-order valence-corrected chi connectivity index (χ0v) is 12.9. The minimum absolute atomic E-state index is 0.0965. The van der Waals surface area contributed by atoms with Crippen LogP contribution in [-0.2, 0) is 22.4 Å². The summed E-state index contributed by atoms with van der Waals surface area (Å²) in [7, 11) is 0. The van der Waals surface area contributed by atoms with E-state index in [4.69, 9.17) is 9.47 Å². The van der Waals surface area contributed by atoms with Gasteiger partial charge in [-0.25, -0.2) is 0 Å². The van der Waals surface area contributed by atoms with Gasteiger partial charge in [0.1, 0.15) is 0 Å². The van der Waals surface area contributed by atoms with Gasteiger partial charge in [-0.2, -0.15) is 0 Å². The SMILES string of the molecule is O=C(NC[C@@H]1COCCO1)c1cn(CCc2ccccc2)nn1. The van der Waals surface area contributed by atoms with E-state index >= 15 is 0 Å². The Bertz CT molecular complexity index is 623. The predicted octanol–water partition coefficient (Wildman–Crippen LogP) is 0.666. The standard InChI is InChI=1S/C16H20N4O3/c21-16(17-10-14-12-22-8-9-23-14)15-11-20(19-18-15)7-6-13-4-2-1-3-5-13/h1-5,11,14H,6-10,12H2,(H,17,21)/t14-/m1/s1. The number of amides is 1. The second-order valence-electron chi connectivity index (χ2n) is 5.38. The smallest absolute Gasteiger partial charge is 0.273 e. The van der Waals surface area contributed by atoms with E-state index in [1.165, 1.54) is 5.56 Å². The molecule has 1 aromatic carbocycles. The van der Waals surface area contributed by atoms with Gasteiger partial charge in [0.25, 0.3) is 5.91 Å². The number of rotatable bonds is 6. The van der Waals surface area contributed by atoms with Crippen LogP contribution >= 0.6 is 0 Å². The highest BCUT2D eigenvalue weighted by molar-refractivity contribution is 5.91. The van der Waals surface area contributed by atoms with E-state index < -0.39 is 0 Å². The summed E-state index contributed by atoms with van der Waals surface area (Å²) in [4.78, 5) is 12.1. The van der Waals surface area contributed by atoms with E-state index in [0.29, 0.717) is 38.6 Å². The molecule has 1 atom stereocenters. The molecule has 122 valence electrons. The number of aromatic nitrogens is 3. The first-order valence-electron chi connectivity index (χ1n) is 7.73. The van der Waals surface area contributed by atoms with Crippen molar-refractivity contribution < 1.29 is 14.3 Å². The summed E-state index contributed by atoms with van der Waals surface area (Å²) in [6.07, 6.45) is 2.41. The second kappa shape index (κ2) is 7.85. The Labute approximate surface area is 134 Å². The fourth-order valence-corrected chi connectivity index (χ4v) is 2.35. The molecule has 0 bridgehead atoms. The zero-order chi connectivity index (χ0) is 15.9. The molecule has 0 aliphatic carbocycles. The monoisotopic (exact) mass is 316 g/mol. The molecule has 1 saturated heterocycles. The highest BCUT2D eigenvalue weighted by atomic mass is 16.6. The summed E-state index contributed by atoms with van der Waals surface area (Å²) in [5, 5.41) is 10.7. The van der Waals surface area contributed by atoms with Gasteiger partial charge in [0.15, 0.2) is 5.69 Å². The van der Waals surface area contributed by atoms with E-state index in [1.807, 2.05) is 18.2 Å². The summed E-state index contributed by atoms with van der Waals surface area (Å²) in [5.41, 5.74) is 1.54. The minimum atomic E-state index is -0.245. The number of carbonyl (C=O) groups excluding carboxylic acids is 1. The van der Waals surface area contributed by atoms with Crippen LogP contribution in [0.4, 0.5) is 0 Å².